The highest BCUT2D eigenvalue weighted by Crippen LogP contribution is 2.44. The summed E-state index contributed by atoms with van der Waals surface area (Å²) >= 11 is 0. The maximum absolute atomic E-state index is 12.7. The van der Waals surface area contributed by atoms with Gasteiger partial charge in [-0.05, 0) is 26.7 Å². The molecule has 2 bridgehead atoms. The van der Waals surface area contributed by atoms with E-state index in [1.54, 1.807) is 4.90 Å². The fraction of sp³-hybridized carbons (Fsp3) is 0.857. The first kappa shape index (κ1) is 13.8. The summed E-state index contributed by atoms with van der Waals surface area (Å²) in [5.41, 5.74) is 0. The highest BCUT2D eigenvalue weighted by Gasteiger charge is 2.56. The lowest BCUT2D eigenvalue weighted by Crippen LogP contribution is -2.53. The zero-order valence-corrected chi connectivity index (χ0v) is 11.8. The number of amides is 1. The van der Waals surface area contributed by atoms with Crippen molar-refractivity contribution in [2.45, 2.75) is 51.1 Å². The Labute approximate surface area is 118 Å². The minimum Gasteiger partial charge on any atom is -0.481 e. The van der Waals surface area contributed by atoms with Crippen LogP contribution in [0.2, 0.25) is 0 Å². The van der Waals surface area contributed by atoms with Crippen LogP contribution in [0.15, 0.2) is 0 Å². The van der Waals surface area contributed by atoms with Gasteiger partial charge in [0.15, 0.2) is 0 Å². The lowest BCUT2D eigenvalue weighted by Gasteiger charge is -2.38. The van der Waals surface area contributed by atoms with Gasteiger partial charge in [0.25, 0.3) is 0 Å². The number of morpholine rings is 1. The van der Waals surface area contributed by atoms with Crippen LogP contribution < -0.4 is 0 Å². The number of rotatable bonds is 2. The average molecular weight is 283 g/mol. The quantitative estimate of drug-likeness (QED) is 0.798. The first-order valence-electron chi connectivity index (χ1n) is 7.30. The van der Waals surface area contributed by atoms with Crippen LogP contribution in [0.5, 0.6) is 0 Å². The number of fused-ring (bicyclic) bond motifs is 2. The maximum Gasteiger partial charge on any atom is 0.310 e. The van der Waals surface area contributed by atoms with Crippen molar-refractivity contribution in [2.24, 2.45) is 11.8 Å². The van der Waals surface area contributed by atoms with Crippen molar-refractivity contribution < 1.29 is 24.2 Å². The Morgan fingerprint density at radius 2 is 1.55 bits per heavy atom. The molecule has 1 amide bonds. The summed E-state index contributed by atoms with van der Waals surface area (Å²) in [6.45, 7) is 4.93. The van der Waals surface area contributed by atoms with Gasteiger partial charge in [-0.15, -0.1) is 0 Å². The van der Waals surface area contributed by atoms with Crippen molar-refractivity contribution in [3.8, 4) is 0 Å². The largest absolute Gasteiger partial charge is 0.481 e. The minimum absolute atomic E-state index is 0.00881. The smallest absolute Gasteiger partial charge is 0.310 e. The average Bonchev–Trinajstić information content (AvgIpc) is 2.96. The van der Waals surface area contributed by atoms with Crippen molar-refractivity contribution in [3.05, 3.63) is 0 Å². The van der Waals surface area contributed by atoms with Crippen LogP contribution in [0.4, 0.5) is 0 Å². The summed E-state index contributed by atoms with van der Waals surface area (Å²) in [6, 6.07) is 0. The van der Waals surface area contributed by atoms with Gasteiger partial charge in [-0.2, -0.15) is 0 Å². The molecule has 1 N–H and O–H groups in total. The predicted molar refractivity (Wildman–Crippen MR) is 69.1 cm³/mol. The van der Waals surface area contributed by atoms with E-state index in [2.05, 4.69) is 0 Å². The van der Waals surface area contributed by atoms with E-state index in [0.717, 1.165) is 12.8 Å². The molecule has 3 heterocycles. The number of carboxylic acid groups (broad SMARTS) is 1. The Morgan fingerprint density at radius 3 is 2.10 bits per heavy atom. The van der Waals surface area contributed by atoms with Gasteiger partial charge in [-0.1, -0.05) is 0 Å². The van der Waals surface area contributed by atoms with Crippen molar-refractivity contribution in [1.82, 2.24) is 4.90 Å². The van der Waals surface area contributed by atoms with E-state index in [-0.39, 0.29) is 30.3 Å². The molecule has 3 fully saturated rings. The third-order valence-corrected chi connectivity index (χ3v) is 4.57. The fourth-order valence-corrected chi connectivity index (χ4v) is 3.87. The van der Waals surface area contributed by atoms with Crippen LogP contribution in [-0.4, -0.2) is 59.4 Å². The lowest BCUT2D eigenvalue weighted by molar-refractivity contribution is -0.156. The molecule has 0 spiro atoms. The van der Waals surface area contributed by atoms with Crippen LogP contribution in [0.25, 0.3) is 0 Å². The number of ether oxygens (including phenoxy) is 2. The summed E-state index contributed by atoms with van der Waals surface area (Å²) in [6.07, 6.45) is 1.02. The zero-order valence-electron chi connectivity index (χ0n) is 11.8. The fourth-order valence-electron chi connectivity index (χ4n) is 3.87. The number of hydrogen-bond donors (Lipinski definition) is 1. The van der Waals surface area contributed by atoms with Gasteiger partial charge >= 0.3 is 5.97 Å². The standard InChI is InChI=1S/C14H21NO5/c1-7-5-15(6-8(2)19-7)13(16)11-9-3-4-10(20-9)12(11)14(17)18/h7-12H,3-6H2,1-2H3,(H,17,18)/t7-,8+,9-,10-,11-,12-/m1/s1. The second-order valence-electron chi connectivity index (χ2n) is 6.18. The van der Waals surface area contributed by atoms with E-state index in [9.17, 15) is 14.7 Å². The Balaban J connectivity index is 1.77. The van der Waals surface area contributed by atoms with E-state index in [1.165, 1.54) is 0 Å². The highest BCUT2D eigenvalue weighted by molar-refractivity contribution is 5.86. The normalized spacial score (nSPS) is 43.8. The van der Waals surface area contributed by atoms with Gasteiger partial charge in [0.05, 0.1) is 36.3 Å². The number of nitrogens with zero attached hydrogens (tertiary/aromatic N) is 1. The number of aliphatic carboxylic acids is 1. The molecule has 6 atom stereocenters. The van der Waals surface area contributed by atoms with Crippen molar-refractivity contribution in [1.29, 1.82) is 0 Å². The van der Waals surface area contributed by atoms with Crippen molar-refractivity contribution >= 4 is 11.9 Å². The molecular weight excluding hydrogens is 262 g/mol. The number of carbonyl (C=O) groups is 2. The number of carboxylic acids is 1. The SMILES string of the molecule is C[C@@H]1CN(C(=O)[C@H]2[C@H](C(=O)O)[C@H]3CC[C@H]2O3)C[C@H](C)O1. The Bertz CT molecular complexity index is 416. The van der Waals surface area contributed by atoms with Crippen LogP contribution in [0.3, 0.4) is 0 Å². The summed E-state index contributed by atoms with van der Waals surface area (Å²) in [7, 11) is 0. The van der Waals surface area contributed by atoms with E-state index in [4.69, 9.17) is 9.47 Å². The zero-order chi connectivity index (χ0) is 14.4. The lowest BCUT2D eigenvalue weighted by atomic mass is 9.78. The molecular formula is C14H21NO5. The summed E-state index contributed by atoms with van der Waals surface area (Å²) < 4.78 is 11.3. The molecule has 3 aliphatic rings. The predicted octanol–water partition coefficient (Wildman–Crippen LogP) is 0.500. The topological polar surface area (TPSA) is 76.1 Å². The molecule has 3 aliphatic heterocycles. The molecule has 112 valence electrons. The first-order valence-corrected chi connectivity index (χ1v) is 7.30. The highest BCUT2D eigenvalue weighted by atomic mass is 16.5. The van der Waals surface area contributed by atoms with E-state index in [0.29, 0.717) is 13.1 Å². The van der Waals surface area contributed by atoms with E-state index >= 15 is 0 Å². The number of carbonyl (C=O) groups excluding carboxylic acids is 1. The molecule has 0 unspecified atom stereocenters. The third kappa shape index (κ3) is 2.20. The molecule has 3 rings (SSSR count). The molecule has 6 heteroatoms. The minimum atomic E-state index is -0.912. The van der Waals surface area contributed by atoms with Crippen molar-refractivity contribution in [2.75, 3.05) is 13.1 Å². The molecule has 0 aromatic heterocycles. The monoisotopic (exact) mass is 283 g/mol. The molecule has 3 saturated heterocycles. The second kappa shape index (κ2) is 5.00. The molecule has 0 aliphatic carbocycles. The molecule has 0 saturated carbocycles. The van der Waals surface area contributed by atoms with Gasteiger partial charge in [-0.3, -0.25) is 9.59 Å². The molecule has 0 aromatic carbocycles. The second-order valence-corrected chi connectivity index (χ2v) is 6.18. The van der Waals surface area contributed by atoms with Crippen LogP contribution in [-0.2, 0) is 19.1 Å². The van der Waals surface area contributed by atoms with Gasteiger partial charge in [0, 0.05) is 13.1 Å². The molecule has 20 heavy (non-hydrogen) atoms. The van der Waals surface area contributed by atoms with E-state index in [1.807, 2.05) is 13.8 Å². The van der Waals surface area contributed by atoms with Crippen LogP contribution in [0.1, 0.15) is 26.7 Å². The van der Waals surface area contributed by atoms with E-state index < -0.39 is 17.8 Å². The van der Waals surface area contributed by atoms with Gasteiger partial charge in [-0.25, -0.2) is 0 Å². The Morgan fingerprint density at radius 1 is 1.00 bits per heavy atom. The van der Waals surface area contributed by atoms with Gasteiger partial charge < -0.3 is 19.5 Å². The van der Waals surface area contributed by atoms with Crippen LogP contribution >= 0.6 is 0 Å². The third-order valence-electron chi connectivity index (χ3n) is 4.57. The summed E-state index contributed by atoms with van der Waals surface area (Å²) in [5, 5.41) is 9.38. The molecule has 0 aromatic rings. The Kier molecular flexibility index (Phi) is 3.46. The Hall–Kier alpha value is -1.14. The van der Waals surface area contributed by atoms with Crippen LogP contribution in [0, 0.1) is 11.8 Å². The first-order chi connectivity index (χ1) is 9.47. The van der Waals surface area contributed by atoms with Crippen molar-refractivity contribution in [3.63, 3.8) is 0 Å². The molecule has 0 radical (unpaired) electrons. The molecule has 6 nitrogen and oxygen atoms in total. The summed E-state index contributed by atoms with van der Waals surface area (Å²) in [5.74, 6) is -2.20. The number of hydrogen-bond acceptors (Lipinski definition) is 4. The maximum atomic E-state index is 12.7. The van der Waals surface area contributed by atoms with Gasteiger partial charge in [0.2, 0.25) is 5.91 Å². The van der Waals surface area contributed by atoms with Gasteiger partial charge in [0.1, 0.15) is 0 Å². The summed E-state index contributed by atoms with van der Waals surface area (Å²) in [4.78, 5) is 25.9.